The van der Waals surface area contributed by atoms with Crippen LogP contribution in [0.2, 0.25) is 20.1 Å². The molecule has 2 aromatic carbocycles. The fourth-order valence-corrected chi connectivity index (χ4v) is 4.74. The largest absolute Gasteiger partial charge is 0.488 e. The molecule has 4 rings (SSSR count). The maximum atomic E-state index is 6.39. The lowest BCUT2D eigenvalue weighted by Gasteiger charge is -2.32. The maximum absolute atomic E-state index is 6.39. The third-order valence-corrected chi connectivity index (χ3v) is 6.02. The minimum Gasteiger partial charge on any atom is -0.488 e. The van der Waals surface area contributed by atoms with Crippen LogP contribution in [-0.4, -0.2) is 24.6 Å². The molecule has 1 atom stereocenters. The van der Waals surface area contributed by atoms with Crippen molar-refractivity contribution < 1.29 is 9.47 Å². The molecule has 2 aromatic rings. The van der Waals surface area contributed by atoms with Crippen LogP contribution < -0.4 is 9.47 Å². The highest BCUT2D eigenvalue weighted by molar-refractivity contribution is 6.36. The summed E-state index contributed by atoms with van der Waals surface area (Å²) in [6.07, 6.45) is 5.54. The minimum atomic E-state index is -0.00390. The molecule has 0 aliphatic carbocycles. The van der Waals surface area contributed by atoms with Crippen molar-refractivity contribution in [3.05, 3.63) is 67.8 Å². The Morgan fingerprint density at radius 3 is 2.46 bits per heavy atom. The third kappa shape index (κ3) is 4.24. The van der Waals surface area contributed by atoms with Crippen molar-refractivity contribution in [3.8, 4) is 11.5 Å². The number of piperidine rings is 1. The van der Waals surface area contributed by atoms with E-state index in [1.54, 1.807) is 24.3 Å². The van der Waals surface area contributed by atoms with Crippen LogP contribution in [0.15, 0.2) is 42.2 Å². The molecule has 0 amide bonds. The van der Waals surface area contributed by atoms with E-state index in [4.69, 9.17) is 55.9 Å². The van der Waals surface area contributed by atoms with Gasteiger partial charge in [0.2, 0.25) is 0 Å². The van der Waals surface area contributed by atoms with Gasteiger partial charge in [-0.05, 0) is 62.3 Å². The zero-order valence-corrected chi connectivity index (χ0v) is 18.1. The fourth-order valence-electron chi connectivity index (χ4n) is 3.73. The number of halogens is 4. The van der Waals surface area contributed by atoms with Gasteiger partial charge in [-0.15, -0.1) is 0 Å². The zero-order chi connectivity index (χ0) is 19.7. The van der Waals surface area contributed by atoms with Crippen LogP contribution in [0, 0.1) is 0 Å². The van der Waals surface area contributed by atoms with E-state index in [-0.39, 0.29) is 6.04 Å². The van der Waals surface area contributed by atoms with E-state index < -0.39 is 0 Å². The van der Waals surface area contributed by atoms with Crippen molar-refractivity contribution >= 4 is 46.4 Å². The van der Waals surface area contributed by atoms with Crippen molar-refractivity contribution in [1.82, 2.24) is 4.90 Å². The molecule has 0 unspecified atom stereocenters. The standard InChI is InChI=1S/C21H19Cl4NO2/c22-13-4-5-18(16(24)11-13)27-9-6-19-20(26-7-2-1-3-8-26)15-10-14(23)12-17(25)21(15)28-19/h4-6,10-12,20H,1-3,7-9H2/b19-6+/t20-/m0/s1. The van der Waals surface area contributed by atoms with Gasteiger partial charge in [-0.3, -0.25) is 4.90 Å². The summed E-state index contributed by atoms with van der Waals surface area (Å²) < 4.78 is 12.0. The lowest BCUT2D eigenvalue weighted by molar-refractivity contribution is 0.170. The second-order valence-corrected chi connectivity index (χ2v) is 8.59. The molecule has 0 saturated carbocycles. The molecule has 1 fully saturated rings. The SMILES string of the molecule is Clc1ccc(OC/C=C2/Oc3c(Cl)cc(Cl)cc3[C@@H]2N2CCCCC2)c(Cl)c1. The first-order chi connectivity index (χ1) is 13.5. The molecule has 0 aromatic heterocycles. The van der Waals surface area contributed by atoms with E-state index in [1.165, 1.54) is 19.3 Å². The predicted molar refractivity (Wildman–Crippen MR) is 115 cm³/mol. The lowest BCUT2D eigenvalue weighted by atomic mass is 10.0. The summed E-state index contributed by atoms with van der Waals surface area (Å²) in [5.41, 5.74) is 1.01. The number of fused-ring (bicyclic) bond motifs is 1. The second-order valence-electron chi connectivity index (χ2n) is 6.90. The Balaban J connectivity index is 1.59. The van der Waals surface area contributed by atoms with Crippen LogP contribution in [0.1, 0.15) is 30.9 Å². The molecule has 0 spiro atoms. The Kier molecular flexibility index (Phi) is 6.29. The van der Waals surface area contributed by atoms with Gasteiger partial charge in [-0.2, -0.15) is 0 Å². The third-order valence-electron chi connectivity index (χ3n) is 4.99. The van der Waals surface area contributed by atoms with E-state index in [0.717, 1.165) is 24.4 Å². The number of hydrogen-bond acceptors (Lipinski definition) is 3. The number of likely N-dealkylation sites (tertiary alicyclic amines) is 1. The molecule has 0 radical (unpaired) electrons. The van der Waals surface area contributed by atoms with Crippen LogP contribution in [0.5, 0.6) is 11.5 Å². The van der Waals surface area contributed by atoms with Crippen LogP contribution in [0.3, 0.4) is 0 Å². The molecule has 1 saturated heterocycles. The molecular formula is C21H19Cl4NO2. The van der Waals surface area contributed by atoms with Gasteiger partial charge in [0.25, 0.3) is 0 Å². The van der Waals surface area contributed by atoms with Gasteiger partial charge < -0.3 is 9.47 Å². The Bertz CT molecular complexity index is 910. The Labute approximate surface area is 184 Å². The van der Waals surface area contributed by atoms with Crippen molar-refractivity contribution in [2.75, 3.05) is 19.7 Å². The van der Waals surface area contributed by atoms with Crippen molar-refractivity contribution in [2.24, 2.45) is 0 Å². The number of hydrogen-bond donors (Lipinski definition) is 0. The van der Waals surface area contributed by atoms with Gasteiger partial charge in [-0.25, -0.2) is 0 Å². The van der Waals surface area contributed by atoms with Crippen LogP contribution in [0.4, 0.5) is 0 Å². The first-order valence-electron chi connectivity index (χ1n) is 9.21. The average molecular weight is 459 g/mol. The second kappa shape index (κ2) is 8.73. The van der Waals surface area contributed by atoms with E-state index in [0.29, 0.717) is 38.2 Å². The highest BCUT2D eigenvalue weighted by Crippen LogP contribution is 2.48. The van der Waals surface area contributed by atoms with E-state index >= 15 is 0 Å². The number of nitrogens with zero attached hydrogens (tertiary/aromatic N) is 1. The monoisotopic (exact) mass is 457 g/mol. The number of benzene rings is 2. The lowest BCUT2D eigenvalue weighted by Crippen LogP contribution is -2.34. The normalized spacial score (nSPS) is 20.9. The molecule has 7 heteroatoms. The van der Waals surface area contributed by atoms with Gasteiger partial charge in [0.15, 0.2) is 5.75 Å². The predicted octanol–water partition coefficient (Wildman–Crippen LogP) is 7.18. The quantitative estimate of drug-likeness (QED) is 0.484. The molecule has 28 heavy (non-hydrogen) atoms. The smallest absolute Gasteiger partial charge is 0.150 e. The molecule has 2 heterocycles. The van der Waals surface area contributed by atoms with Crippen LogP contribution in [-0.2, 0) is 0 Å². The van der Waals surface area contributed by atoms with Crippen LogP contribution >= 0.6 is 46.4 Å². The minimum absolute atomic E-state index is 0.00390. The number of ether oxygens (including phenoxy) is 2. The molecule has 3 nitrogen and oxygen atoms in total. The fraction of sp³-hybridized carbons (Fsp3) is 0.333. The summed E-state index contributed by atoms with van der Waals surface area (Å²) in [4.78, 5) is 2.42. The molecule has 2 aliphatic rings. The molecule has 2 aliphatic heterocycles. The van der Waals surface area contributed by atoms with E-state index in [2.05, 4.69) is 4.90 Å². The Morgan fingerprint density at radius 1 is 0.964 bits per heavy atom. The van der Waals surface area contributed by atoms with E-state index in [9.17, 15) is 0 Å². The number of rotatable bonds is 4. The Morgan fingerprint density at radius 2 is 1.71 bits per heavy atom. The molecule has 148 valence electrons. The summed E-state index contributed by atoms with van der Waals surface area (Å²) in [6, 6.07) is 8.81. The Hall–Kier alpha value is -1.10. The highest BCUT2D eigenvalue weighted by atomic mass is 35.5. The molecule has 0 bridgehead atoms. The van der Waals surface area contributed by atoms with Crippen LogP contribution in [0.25, 0.3) is 0 Å². The maximum Gasteiger partial charge on any atom is 0.150 e. The van der Waals surface area contributed by atoms with Gasteiger partial charge in [-0.1, -0.05) is 52.8 Å². The van der Waals surface area contributed by atoms with Gasteiger partial charge >= 0.3 is 0 Å². The summed E-state index contributed by atoms with van der Waals surface area (Å²) in [5.74, 6) is 2.07. The van der Waals surface area contributed by atoms with Crippen molar-refractivity contribution in [2.45, 2.75) is 25.3 Å². The van der Waals surface area contributed by atoms with Crippen molar-refractivity contribution in [1.29, 1.82) is 0 Å². The first kappa shape index (κ1) is 20.2. The van der Waals surface area contributed by atoms with Crippen molar-refractivity contribution in [3.63, 3.8) is 0 Å². The molecular weight excluding hydrogens is 440 g/mol. The first-order valence-corrected chi connectivity index (χ1v) is 10.7. The van der Waals surface area contributed by atoms with Gasteiger partial charge in [0, 0.05) is 15.6 Å². The summed E-state index contributed by atoms with van der Waals surface area (Å²) in [5, 5.41) is 2.18. The summed E-state index contributed by atoms with van der Waals surface area (Å²) in [6.45, 7) is 2.35. The highest BCUT2D eigenvalue weighted by Gasteiger charge is 2.36. The zero-order valence-electron chi connectivity index (χ0n) is 15.1. The van der Waals surface area contributed by atoms with E-state index in [1.807, 2.05) is 12.1 Å². The summed E-state index contributed by atoms with van der Waals surface area (Å²) >= 11 is 24.8. The van der Waals surface area contributed by atoms with Gasteiger partial charge in [0.05, 0.1) is 16.1 Å². The van der Waals surface area contributed by atoms with Gasteiger partial charge in [0.1, 0.15) is 18.1 Å². The molecule has 0 N–H and O–H groups in total. The average Bonchev–Trinajstić information content (AvgIpc) is 3.03. The summed E-state index contributed by atoms with van der Waals surface area (Å²) in [7, 11) is 0. The topological polar surface area (TPSA) is 21.7 Å².